The molecular weight excluding hydrogens is 262 g/mol. The Balaban J connectivity index is 1.88. The molecular formula is C17H15N3O. The Morgan fingerprint density at radius 3 is 2.62 bits per heavy atom. The van der Waals surface area contributed by atoms with Crippen molar-refractivity contribution in [1.29, 1.82) is 0 Å². The average molecular weight is 277 g/mol. The minimum absolute atomic E-state index is 0.0372. The molecule has 4 rings (SSSR count). The van der Waals surface area contributed by atoms with E-state index in [-0.39, 0.29) is 11.6 Å². The Morgan fingerprint density at radius 2 is 1.86 bits per heavy atom. The summed E-state index contributed by atoms with van der Waals surface area (Å²) in [7, 11) is 0. The van der Waals surface area contributed by atoms with E-state index < -0.39 is 0 Å². The molecule has 0 spiro atoms. The Hall–Kier alpha value is -2.46. The molecule has 1 aliphatic heterocycles. The lowest BCUT2D eigenvalue weighted by atomic mass is 9.89. The minimum atomic E-state index is -0.173. The molecule has 0 amide bonds. The van der Waals surface area contributed by atoms with Crippen molar-refractivity contribution in [1.82, 2.24) is 15.5 Å². The number of fused-ring (bicyclic) bond motifs is 2. The molecule has 0 fully saturated rings. The number of benzene rings is 2. The fourth-order valence-corrected chi connectivity index (χ4v) is 3.03. The molecule has 1 aromatic heterocycles. The summed E-state index contributed by atoms with van der Waals surface area (Å²) in [6.07, 6.45) is 1.01. The molecule has 1 unspecified atom stereocenters. The molecule has 4 nitrogen and oxygen atoms in total. The summed E-state index contributed by atoms with van der Waals surface area (Å²) in [5, 5.41) is 12.7. The molecule has 2 N–H and O–H groups in total. The SMILES string of the molecule is O=c1ccc(C2NCCc3cc4ccccc4cc32)n[nH]1. The summed E-state index contributed by atoms with van der Waals surface area (Å²) < 4.78 is 0. The number of hydrogen-bond acceptors (Lipinski definition) is 3. The van der Waals surface area contributed by atoms with Crippen molar-refractivity contribution in [2.45, 2.75) is 12.5 Å². The van der Waals surface area contributed by atoms with Gasteiger partial charge in [-0.05, 0) is 40.5 Å². The van der Waals surface area contributed by atoms with Crippen LogP contribution < -0.4 is 10.9 Å². The van der Waals surface area contributed by atoms with Gasteiger partial charge in [0, 0.05) is 12.6 Å². The molecule has 2 aromatic carbocycles. The van der Waals surface area contributed by atoms with Gasteiger partial charge in [-0.15, -0.1) is 0 Å². The lowest BCUT2D eigenvalue weighted by molar-refractivity contribution is 0.551. The number of nitrogens with one attached hydrogen (secondary N) is 2. The van der Waals surface area contributed by atoms with E-state index >= 15 is 0 Å². The fourth-order valence-electron chi connectivity index (χ4n) is 3.03. The first-order valence-electron chi connectivity index (χ1n) is 7.12. The van der Waals surface area contributed by atoms with Gasteiger partial charge in [0.15, 0.2) is 0 Å². The zero-order valence-corrected chi connectivity index (χ0v) is 11.5. The third-order valence-corrected chi connectivity index (χ3v) is 4.06. The van der Waals surface area contributed by atoms with Gasteiger partial charge in [-0.25, -0.2) is 5.10 Å². The van der Waals surface area contributed by atoms with Gasteiger partial charge in [0.25, 0.3) is 5.56 Å². The number of rotatable bonds is 1. The van der Waals surface area contributed by atoms with Gasteiger partial charge in [0.2, 0.25) is 0 Å². The van der Waals surface area contributed by atoms with Gasteiger partial charge in [-0.1, -0.05) is 30.3 Å². The first-order valence-corrected chi connectivity index (χ1v) is 7.12. The molecule has 0 bridgehead atoms. The third kappa shape index (κ3) is 2.14. The van der Waals surface area contributed by atoms with Crippen molar-refractivity contribution in [2.75, 3.05) is 6.54 Å². The smallest absolute Gasteiger partial charge is 0.264 e. The third-order valence-electron chi connectivity index (χ3n) is 4.06. The number of H-pyrrole nitrogens is 1. The zero-order valence-electron chi connectivity index (χ0n) is 11.5. The molecule has 21 heavy (non-hydrogen) atoms. The maximum absolute atomic E-state index is 11.2. The monoisotopic (exact) mass is 277 g/mol. The van der Waals surface area contributed by atoms with Crippen LogP contribution in [0.15, 0.2) is 53.3 Å². The maximum atomic E-state index is 11.2. The second-order valence-electron chi connectivity index (χ2n) is 5.38. The van der Waals surface area contributed by atoms with Gasteiger partial charge in [0.1, 0.15) is 0 Å². The van der Waals surface area contributed by atoms with Crippen molar-refractivity contribution < 1.29 is 0 Å². The molecule has 0 saturated heterocycles. The van der Waals surface area contributed by atoms with E-state index in [1.165, 1.54) is 28.0 Å². The molecule has 1 atom stereocenters. The van der Waals surface area contributed by atoms with Crippen LogP contribution in [0.4, 0.5) is 0 Å². The van der Waals surface area contributed by atoms with Gasteiger partial charge in [-0.3, -0.25) is 4.79 Å². The van der Waals surface area contributed by atoms with Gasteiger partial charge in [-0.2, -0.15) is 5.10 Å². The van der Waals surface area contributed by atoms with E-state index in [0.717, 1.165) is 18.7 Å². The van der Waals surface area contributed by atoms with Crippen LogP contribution in [0.3, 0.4) is 0 Å². The summed E-state index contributed by atoms with van der Waals surface area (Å²) in [4.78, 5) is 11.2. The van der Waals surface area contributed by atoms with Gasteiger partial charge < -0.3 is 5.32 Å². The van der Waals surface area contributed by atoms with Gasteiger partial charge in [0.05, 0.1) is 11.7 Å². The molecule has 2 heterocycles. The average Bonchev–Trinajstić information content (AvgIpc) is 2.53. The van der Waals surface area contributed by atoms with Crippen molar-refractivity contribution in [2.24, 2.45) is 0 Å². The van der Waals surface area contributed by atoms with E-state index in [2.05, 4.69) is 51.9 Å². The van der Waals surface area contributed by atoms with Crippen molar-refractivity contribution in [3.63, 3.8) is 0 Å². The number of nitrogens with zero attached hydrogens (tertiary/aromatic N) is 1. The zero-order chi connectivity index (χ0) is 14.2. The lowest BCUT2D eigenvalue weighted by Gasteiger charge is -2.27. The maximum Gasteiger partial charge on any atom is 0.264 e. The van der Waals surface area contributed by atoms with Crippen LogP contribution in [0.25, 0.3) is 10.8 Å². The van der Waals surface area contributed by atoms with Crippen molar-refractivity contribution in [3.8, 4) is 0 Å². The normalized spacial score (nSPS) is 17.6. The topological polar surface area (TPSA) is 57.8 Å². The predicted molar refractivity (Wildman–Crippen MR) is 82.4 cm³/mol. The van der Waals surface area contributed by atoms with Crippen LogP contribution in [-0.4, -0.2) is 16.7 Å². The highest BCUT2D eigenvalue weighted by Gasteiger charge is 2.22. The molecule has 4 heteroatoms. The Kier molecular flexibility index (Phi) is 2.82. The summed E-state index contributed by atoms with van der Waals surface area (Å²) in [5.41, 5.74) is 3.28. The van der Waals surface area contributed by atoms with Crippen LogP contribution in [-0.2, 0) is 6.42 Å². The summed E-state index contributed by atoms with van der Waals surface area (Å²) in [6, 6.07) is 16.2. The van der Waals surface area contributed by atoms with Crippen molar-refractivity contribution in [3.05, 3.63) is 75.7 Å². The van der Waals surface area contributed by atoms with Gasteiger partial charge >= 0.3 is 0 Å². The van der Waals surface area contributed by atoms with Crippen LogP contribution in [0.1, 0.15) is 22.9 Å². The quantitative estimate of drug-likeness (QED) is 0.716. The fraction of sp³-hybridized carbons (Fsp3) is 0.176. The van der Waals surface area contributed by atoms with Crippen LogP contribution in [0.2, 0.25) is 0 Å². The lowest BCUT2D eigenvalue weighted by Crippen LogP contribution is -2.31. The number of hydrogen-bond donors (Lipinski definition) is 2. The highest BCUT2D eigenvalue weighted by atomic mass is 16.1. The molecule has 0 saturated carbocycles. The Morgan fingerprint density at radius 1 is 1.05 bits per heavy atom. The summed E-state index contributed by atoms with van der Waals surface area (Å²) in [6.45, 7) is 0.914. The van der Waals surface area contributed by atoms with E-state index in [9.17, 15) is 4.79 Å². The summed E-state index contributed by atoms with van der Waals surface area (Å²) >= 11 is 0. The predicted octanol–water partition coefficient (Wildman–Crippen LogP) is 2.16. The van der Waals surface area contributed by atoms with E-state index in [1.807, 2.05) is 0 Å². The summed E-state index contributed by atoms with van der Waals surface area (Å²) in [5.74, 6) is 0. The standard InChI is InChI=1S/C17H15N3O/c21-16-6-5-15(19-20-16)17-14-10-12-4-2-1-3-11(12)9-13(14)7-8-18-17/h1-6,9-10,17-18H,7-8H2,(H,20,21). The molecule has 0 aliphatic carbocycles. The van der Waals surface area contributed by atoms with E-state index in [0.29, 0.717) is 0 Å². The van der Waals surface area contributed by atoms with Crippen molar-refractivity contribution >= 4 is 10.8 Å². The molecule has 104 valence electrons. The number of aromatic nitrogens is 2. The second-order valence-corrected chi connectivity index (χ2v) is 5.38. The number of aromatic amines is 1. The van der Waals surface area contributed by atoms with E-state index in [1.54, 1.807) is 6.07 Å². The Labute approximate surface area is 121 Å². The highest BCUT2D eigenvalue weighted by Crippen LogP contribution is 2.30. The largest absolute Gasteiger partial charge is 0.305 e. The first-order chi connectivity index (χ1) is 10.3. The van der Waals surface area contributed by atoms with Crippen LogP contribution in [0, 0.1) is 0 Å². The first kappa shape index (κ1) is 12.3. The minimum Gasteiger partial charge on any atom is -0.305 e. The Bertz CT molecular complexity index is 849. The molecule has 0 radical (unpaired) electrons. The van der Waals surface area contributed by atoms with Crippen LogP contribution in [0.5, 0.6) is 0 Å². The van der Waals surface area contributed by atoms with E-state index in [4.69, 9.17) is 0 Å². The molecule has 3 aromatic rings. The van der Waals surface area contributed by atoms with Crippen LogP contribution >= 0.6 is 0 Å². The molecule has 1 aliphatic rings. The second kappa shape index (κ2) is 4.82. The highest BCUT2D eigenvalue weighted by molar-refractivity contribution is 5.84.